The van der Waals surface area contributed by atoms with E-state index in [0.717, 1.165) is 37.2 Å². The van der Waals surface area contributed by atoms with E-state index in [4.69, 9.17) is 9.72 Å². The largest absolute Gasteiger partial charge is 0.378 e. The summed E-state index contributed by atoms with van der Waals surface area (Å²) in [6, 6.07) is 5.89. The second kappa shape index (κ2) is 7.16. The molecule has 25 heavy (non-hydrogen) atoms. The van der Waals surface area contributed by atoms with E-state index in [-0.39, 0.29) is 17.4 Å². The molecule has 3 rings (SSSR count). The van der Waals surface area contributed by atoms with Gasteiger partial charge >= 0.3 is 0 Å². The normalized spacial score (nSPS) is 18.5. The Morgan fingerprint density at radius 1 is 1.36 bits per heavy atom. The summed E-state index contributed by atoms with van der Waals surface area (Å²) in [6.45, 7) is 7.90. The Morgan fingerprint density at radius 2 is 2.16 bits per heavy atom. The Labute approximate surface area is 150 Å². The third kappa shape index (κ3) is 3.87. The molecule has 1 aliphatic rings. The highest BCUT2D eigenvalue weighted by molar-refractivity contribution is 5.99. The van der Waals surface area contributed by atoms with E-state index >= 15 is 0 Å². The van der Waals surface area contributed by atoms with Crippen molar-refractivity contribution >= 4 is 11.4 Å². The molecule has 0 N–H and O–H groups in total. The van der Waals surface area contributed by atoms with Crippen LogP contribution >= 0.6 is 0 Å². The first-order valence-corrected chi connectivity index (χ1v) is 9.22. The molecule has 1 amide bonds. The number of carbonyl (C=O) groups is 1. The van der Waals surface area contributed by atoms with Crippen molar-refractivity contribution in [2.75, 3.05) is 20.2 Å². The maximum Gasteiger partial charge on any atom is 0.274 e. The molecule has 1 aliphatic heterocycles. The van der Waals surface area contributed by atoms with E-state index in [1.54, 1.807) is 4.90 Å². The minimum atomic E-state index is -0.128. The lowest BCUT2D eigenvalue weighted by Crippen LogP contribution is -2.32. The van der Waals surface area contributed by atoms with Crippen LogP contribution in [0.3, 0.4) is 0 Å². The van der Waals surface area contributed by atoms with Crippen LogP contribution in [-0.4, -0.2) is 46.5 Å². The number of rotatable bonds is 4. The molecule has 2 aromatic rings. The Bertz CT molecular complexity index is 739. The number of carbonyl (C=O) groups excluding carboxylic acids is 1. The van der Waals surface area contributed by atoms with Gasteiger partial charge in [-0.2, -0.15) is 0 Å². The van der Waals surface area contributed by atoms with Crippen molar-refractivity contribution in [3.8, 4) is 0 Å². The number of amides is 1. The Balaban J connectivity index is 1.79. The summed E-state index contributed by atoms with van der Waals surface area (Å²) in [6.07, 6.45) is 6.64. The third-order valence-corrected chi connectivity index (χ3v) is 4.83. The molecular weight excluding hydrogens is 314 g/mol. The maximum absolute atomic E-state index is 13.0. The molecule has 0 spiro atoms. The van der Waals surface area contributed by atoms with Crippen molar-refractivity contribution < 1.29 is 9.53 Å². The Morgan fingerprint density at radius 3 is 2.84 bits per heavy atom. The first-order chi connectivity index (χ1) is 11.9. The summed E-state index contributed by atoms with van der Waals surface area (Å²) in [5.74, 6) is 0.894. The molecule has 0 bridgehead atoms. The highest BCUT2D eigenvalue weighted by atomic mass is 16.5. The lowest BCUT2D eigenvalue weighted by atomic mass is 9.96. The van der Waals surface area contributed by atoms with Gasteiger partial charge in [0.2, 0.25) is 0 Å². The van der Waals surface area contributed by atoms with Crippen LogP contribution in [0.2, 0.25) is 0 Å². The molecule has 1 atom stereocenters. The highest BCUT2D eigenvalue weighted by Crippen LogP contribution is 2.25. The van der Waals surface area contributed by atoms with Crippen LogP contribution in [0.25, 0.3) is 5.52 Å². The average Bonchev–Trinajstić information content (AvgIpc) is 3.00. The predicted octanol–water partition coefficient (Wildman–Crippen LogP) is 3.66. The lowest BCUT2D eigenvalue weighted by molar-refractivity contribution is 0.00707. The van der Waals surface area contributed by atoms with E-state index in [1.807, 2.05) is 35.8 Å². The quantitative estimate of drug-likeness (QED) is 0.851. The Hall–Kier alpha value is -1.88. The standard InChI is InChI=1S/C20H29N3O2/c1-20(2,3)19-21-17(16-10-5-7-12-23(16)19)18(24)22(4)13-11-15-9-6-8-14-25-15/h5,7,10,12,15H,6,8-9,11,13-14H2,1-4H3. The van der Waals surface area contributed by atoms with Crippen LogP contribution in [0, 0.1) is 0 Å². The van der Waals surface area contributed by atoms with Gasteiger partial charge in [0.1, 0.15) is 5.82 Å². The van der Waals surface area contributed by atoms with Crippen LogP contribution in [0.1, 0.15) is 62.8 Å². The zero-order valence-electron chi connectivity index (χ0n) is 15.8. The number of aromatic nitrogens is 2. The monoisotopic (exact) mass is 343 g/mol. The van der Waals surface area contributed by atoms with Crippen LogP contribution < -0.4 is 0 Å². The molecule has 2 aromatic heterocycles. The SMILES string of the molecule is CN(CCC1CCCCO1)C(=O)c1nc(C(C)(C)C)n2ccccc12. The van der Waals surface area contributed by atoms with Crippen LogP contribution in [-0.2, 0) is 10.2 Å². The number of hydrogen-bond acceptors (Lipinski definition) is 3. The van der Waals surface area contributed by atoms with Crippen molar-refractivity contribution in [3.63, 3.8) is 0 Å². The van der Waals surface area contributed by atoms with Gasteiger partial charge in [0.15, 0.2) is 5.69 Å². The van der Waals surface area contributed by atoms with Gasteiger partial charge in [-0.1, -0.05) is 26.8 Å². The number of fused-ring (bicyclic) bond motifs is 1. The van der Waals surface area contributed by atoms with Crippen molar-refractivity contribution in [3.05, 3.63) is 35.9 Å². The average molecular weight is 343 g/mol. The molecular formula is C20H29N3O2. The van der Waals surface area contributed by atoms with E-state index in [2.05, 4.69) is 20.8 Å². The molecule has 0 saturated carbocycles. The number of imidazole rings is 1. The number of ether oxygens (including phenoxy) is 1. The van der Waals surface area contributed by atoms with E-state index in [9.17, 15) is 4.79 Å². The van der Waals surface area contributed by atoms with Gasteiger partial charge < -0.3 is 14.0 Å². The summed E-state index contributed by atoms with van der Waals surface area (Å²) in [5.41, 5.74) is 1.29. The van der Waals surface area contributed by atoms with E-state index in [1.165, 1.54) is 6.42 Å². The topological polar surface area (TPSA) is 46.8 Å². The van der Waals surface area contributed by atoms with Crippen LogP contribution in [0.4, 0.5) is 0 Å². The van der Waals surface area contributed by atoms with Crippen LogP contribution in [0.15, 0.2) is 24.4 Å². The molecule has 136 valence electrons. The second-order valence-electron chi connectivity index (χ2n) is 7.99. The Kier molecular flexibility index (Phi) is 5.13. The third-order valence-electron chi connectivity index (χ3n) is 4.83. The van der Waals surface area contributed by atoms with Gasteiger partial charge in [-0.05, 0) is 37.8 Å². The van der Waals surface area contributed by atoms with Crippen molar-refractivity contribution in [2.24, 2.45) is 0 Å². The van der Waals surface area contributed by atoms with Crippen LogP contribution in [0.5, 0.6) is 0 Å². The zero-order chi connectivity index (χ0) is 18.0. The van der Waals surface area contributed by atoms with Gasteiger partial charge in [-0.15, -0.1) is 0 Å². The van der Waals surface area contributed by atoms with Crippen molar-refractivity contribution in [1.29, 1.82) is 0 Å². The summed E-state index contributed by atoms with van der Waals surface area (Å²) < 4.78 is 7.81. The molecule has 0 aliphatic carbocycles. The highest BCUT2D eigenvalue weighted by Gasteiger charge is 2.26. The number of hydrogen-bond donors (Lipinski definition) is 0. The van der Waals surface area contributed by atoms with Crippen molar-refractivity contribution in [2.45, 2.75) is 58.0 Å². The maximum atomic E-state index is 13.0. The van der Waals surface area contributed by atoms with E-state index < -0.39 is 0 Å². The van der Waals surface area contributed by atoms with Gasteiger partial charge in [-0.25, -0.2) is 4.98 Å². The summed E-state index contributed by atoms with van der Waals surface area (Å²) in [5, 5.41) is 0. The predicted molar refractivity (Wildman–Crippen MR) is 99.1 cm³/mol. The molecule has 1 saturated heterocycles. The minimum absolute atomic E-state index is 0.0185. The number of pyridine rings is 1. The van der Waals surface area contributed by atoms with Crippen molar-refractivity contribution in [1.82, 2.24) is 14.3 Å². The second-order valence-corrected chi connectivity index (χ2v) is 7.99. The first kappa shape index (κ1) is 17.9. The molecule has 3 heterocycles. The lowest BCUT2D eigenvalue weighted by Gasteiger charge is -2.25. The molecule has 1 unspecified atom stereocenters. The summed E-state index contributed by atoms with van der Waals surface area (Å²) in [4.78, 5) is 19.5. The fourth-order valence-corrected chi connectivity index (χ4v) is 3.38. The molecule has 0 radical (unpaired) electrons. The van der Waals surface area contributed by atoms with Gasteiger partial charge in [-0.3, -0.25) is 4.79 Å². The fraction of sp³-hybridized carbons (Fsp3) is 0.600. The zero-order valence-corrected chi connectivity index (χ0v) is 15.8. The molecule has 5 nitrogen and oxygen atoms in total. The van der Waals surface area contributed by atoms with Gasteiger partial charge in [0.05, 0.1) is 11.6 Å². The summed E-state index contributed by atoms with van der Waals surface area (Å²) >= 11 is 0. The van der Waals surface area contributed by atoms with Gasteiger partial charge in [0.25, 0.3) is 5.91 Å². The molecule has 0 aromatic carbocycles. The van der Waals surface area contributed by atoms with E-state index in [0.29, 0.717) is 12.2 Å². The minimum Gasteiger partial charge on any atom is -0.378 e. The smallest absolute Gasteiger partial charge is 0.274 e. The number of nitrogens with zero attached hydrogens (tertiary/aromatic N) is 3. The molecule has 5 heteroatoms. The molecule has 1 fully saturated rings. The van der Waals surface area contributed by atoms with Gasteiger partial charge in [0, 0.05) is 31.8 Å². The summed E-state index contributed by atoms with van der Waals surface area (Å²) in [7, 11) is 1.86. The first-order valence-electron chi connectivity index (χ1n) is 9.22. The fourth-order valence-electron chi connectivity index (χ4n) is 3.38.